The van der Waals surface area contributed by atoms with E-state index in [1.165, 1.54) is 19.2 Å². The van der Waals surface area contributed by atoms with Gasteiger partial charge in [0.15, 0.2) is 11.5 Å². The highest BCUT2D eigenvalue weighted by Gasteiger charge is 2.29. The molecule has 1 aliphatic rings. The number of ether oxygens (including phenoxy) is 2. The molecule has 0 unspecified atom stereocenters. The number of hydrogen-bond donors (Lipinski definition) is 1. The molecule has 27 heavy (non-hydrogen) atoms. The van der Waals surface area contributed by atoms with E-state index in [2.05, 4.69) is 10.5 Å². The maximum Gasteiger partial charge on any atom is 0.269 e. The number of methoxy groups -OCH3 is 1. The van der Waals surface area contributed by atoms with E-state index in [1.807, 2.05) is 0 Å². The molecular weight excluding hydrogens is 350 g/mol. The Bertz CT molecular complexity index is 860. The van der Waals surface area contributed by atoms with Crippen molar-refractivity contribution in [3.8, 4) is 11.5 Å². The SMILES string of the molecule is COc1ccc(/C=N\NC(=O)C2CC2)cc1OCc1ccc([N+](=O)[O-])cc1. The predicted molar refractivity (Wildman–Crippen MR) is 98.9 cm³/mol. The molecule has 2 aromatic carbocycles. The van der Waals surface area contributed by atoms with Crippen LogP contribution in [0.2, 0.25) is 0 Å². The molecule has 0 aliphatic heterocycles. The Labute approximate surface area is 155 Å². The predicted octanol–water partition coefficient (Wildman–Crippen LogP) is 3.04. The van der Waals surface area contributed by atoms with E-state index >= 15 is 0 Å². The van der Waals surface area contributed by atoms with Crippen molar-refractivity contribution in [1.29, 1.82) is 0 Å². The van der Waals surface area contributed by atoms with Crippen molar-refractivity contribution in [1.82, 2.24) is 5.43 Å². The first-order valence-electron chi connectivity index (χ1n) is 8.44. The third kappa shape index (κ3) is 5.04. The molecule has 0 heterocycles. The fraction of sp³-hybridized carbons (Fsp3) is 0.263. The third-order valence-electron chi connectivity index (χ3n) is 4.07. The number of carbonyl (C=O) groups is 1. The molecule has 1 amide bonds. The van der Waals surface area contributed by atoms with Crippen LogP contribution in [-0.4, -0.2) is 24.2 Å². The van der Waals surface area contributed by atoms with Crippen LogP contribution in [0.3, 0.4) is 0 Å². The van der Waals surface area contributed by atoms with Crippen molar-refractivity contribution in [3.05, 3.63) is 63.7 Å². The molecule has 0 radical (unpaired) electrons. The number of amides is 1. The van der Waals surface area contributed by atoms with Gasteiger partial charge in [0.25, 0.3) is 5.69 Å². The number of rotatable bonds is 8. The molecule has 1 aliphatic carbocycles. The molecule has 0 saturated heterocycles. The Kier molecular flexibility index (Phi) is 5.65. The molecule has 8 nitrogen and oxygen atoms in total. The number of nitrogens with one attached hydrogen (secondary N) is 1. The summed E-state index contributed by atoms with van der Waals surface area (Å²) in [4.78, 5) is 21.8. The lowest BCUT2D eigenvalue weighted by Gasteiger charge is -2.11. The first-order chi connectivity index (χ1) is 13.1. The Balaban J connectivity index is 1.64. The number of hydrazone groups is 1. The van der Waals surface area contributed by atoms with Crippen LogP contribution in [0.15, 0.2) is 47.6 Å². The Morgan fingerprint density at radius 2 is 2.00 bits per heavy atom. The van der Waals surface area contributed by atoms with Gasteiger partial charge in [-0.25, -0.2) is 5.43 Å². The van der Waals surface area contributed by atoms with Gasteiger partial charge in [-0.15, -0.1) is 0 Å². The summed E-state index contributed by atoms with van der Waals surface area (Å²) in [6.45, 7) is 0.230. The van der Waals surface area contributed by atoms with Crippen molar-refractivity contribution < 1.29 is 19.2 Å². The molecule has 1 saturated carbocycles. The maximum absolute atomic E-state index is 11.6. The zero-order chi connectivity index (χ0) is 19.2. The number of carbonyl (C=O) groups excluding carboxylic acids is 1. The molecule has 0 spiro atoms. The van der Waals surface area contributed by atoms with E-state index in [0.717, 1.165) is 24.0 Å². The van der Waals surface area contributed by atoms with Gasteiger partial charge in [-0.1, -0.05) is 0 Å². The lowest BCUT2D eigenvalue weighted by Crippen LogP contribution is -2.18. The fourth-order valence-electron chi connectivity index (χ4n) is 2.37. The number of benzene rings is 2. The summed E-state index contributed by atoms with van der Waals surface area (Å²) in [6, 6.07) is 11.4. The Hall–Kier alpha value is -3.42. The van der Waals surface area contributed by atoms with Crippen molar-refractivity contribution in [2.24, 2.45) is 11.0 Å². The summed E-state index contributed by atoms with van der Waals surface area (Å²) < 4.78 is 11.1. The lowest BCUT2D eigenvalue weighted by atomic mass is 10.2. The van der Waals surface area contributed by atoms with Crippen molar-refractivity contribution in [2.75, 3.05) is 7.11 Å². The molecule has 3 rings (SSSR count). The average molecular weight is 369 g/mol. The van der Waals surface area contributed by atoms with Crippen LogP contribution in [0.25, 0.3) is 0 Å². The second-order valence-electron chi connectivity index (χ2n) is 6.13. The largest absolute Gasteiger partial charge is 0.493 e. The second kappa shape index (κ2) is 8.31. The highest BCUT2D eigenvalue weighted by atomic mass is 16.6. The summed E-state index contributed by atoms with van der Waals surface area (Å²) >= 11 is 0. The number of nitro benzene ring substituents is 1. The van der Waals surface area contributed by atoms with Crippen LogP contribution in [-0.2, 0) is 11.4 Å². The molecule has 1 fully saturated rings. The van der Waals surface area contributed by atoms with E-state index < -0.39 is 4.92 Å². The van der Waals surface area contributed by atoms with E-state index in [1.54, 1.807) is 36.5 Å². The first kappa shape index (κ1) is 18.4. The van der Waals surface area contributed by atoms with Crippen molar-refractivity contribution >= 4 is 17.8 Å². The molecule has 2 aromatic rings. The smallest absolute Gasteiger partial charge is 0.269 e. The summed E-state index contributed by atoms with van der Waals surface area (Å²) in [5.74, 6) is 1.09. The molecule has 0 bridgehead atoms. The minimum Gasteiger partial charge on any atom is -0.493 e. The topological polar surface area (TPSA) is 103 Å². The highest BCUT2D eigenvalue weighted by molar-refractivity contribution is 5.84. The van der Waals surface area contributed by atoms with Crippen LogP contribution in [0.4, 0.5) is 5.69 Å². The van der Waals surface area contributed by atoms with Crippen LogP contribution < -0.4 is 14.9 Å². The third-order valence-corrected chi connectivity index (χ3v) is 4.07. The fourth-order valence-corrected chi connectivity index (χ4v) is 2.37. The van der Waals surface area contributed by atoms with E-state index in [9.17, 15) is 14.9 Å². The van der Waals surface area contributed by atoms with Gasteiger partial charge >= 0.3 is 0 Å². The standard InChI is InChI=1S/C19H19N3O5/c1-26-17-9-4-14(11-20-21-19(23)15-5-6-15)10-18(17)27-12-13-2-7-16(8-3-13)22(24)25/h2-4,7-11,15H,5-6,12H2,1H3,(H,21,23)/b20-11-. The van der Waals surface area contributed by atoms with E-state index in [4.69, 9.17) is 9.47 Å². The van der Waals surface area contributed by atoms with Crippen molar-refractivity contribution in [3.63, 3.8) is 0 Å². The van der Waals surface area contributed by atoms with Crippen LogP contribution >= 0.6 is 0 Å². The van der Waals surface area contributed by atoms with Gasteiger partial charge < -0.3 is 9.47 Å². The van der Waals surface area contributed by atoms with Crippen LogP contribution in [0.5, 0.6) is 11.5 Å². The number of hydrogen-bond acceptors (Lipinski definition) is 6. The minimum absolute atomic E-state index is 0.0304. The van der Waals surface area contributed by atoms with Crippen LogP contribution in [0.1, 0.15) is 24.0 Å². The number of nitro groups is 1. The van der Waals surface area contributed by atoms with E-state index in [0.29, 0.717) is 11.5 Å². The Morgan fingerprint density at radius 3 is 2.63 bits per heavy atom. The average Bonchev–Trinajstić information content (AvgIpc) is 3.52. The summed E-state index contributed by atoms with van der Waals surface area (Å²) in [5, 5.41) is 14.7. The van der Waals surface area contributed by atoms with Gasteiger partial charge in [0.1, 0.15) is 6.61 Å². The van der Waals surface area contributed by atoms with E-state index in [-0.39, 0.29) is 24.1 Å². The summed E-state index contributed by atoms with van der Waals surface area (Å²) in [5.41, 5.74) is 4.08. The molecular formula is C19H19N3O5. The molecule has 140 valence electrons. The van der Waals surface area contributed by atoms with Gasteiger partial charge in [0.05, 0.1) is 18.2 Å². The Morgan fingerprint density at radius 1 is 1.26 bits per heavy atom. The summed E-state index contributed by atoms with van der Waals surface area (Å²) in [7, 11) is 1.54. The first-order valence-corrected chi connectivity index (χ1v) is 8.44. The number of nitrogens with zero attached hydrogens (tertiary/aromatic N) is 2. The summed E-state index contributed by atoms with van der Waals surface area (Å²) in [6.07, 6.45) is 3.38. The molecule has 0 atom stereocenters. The minimum atomic E-state index is -0.446. The zero-order valence-electron chi connectivity index (χ0n) is 14.8. The van der Waals surface area contributed by atoms with Gasteiger partial charge in [0.2, 0.25) is 5.91 Å². The monoisotopic (exact) mass is 369 g/mol. The maximum atomic E-state index is 11.6. The second-order valence-corrected chi connectivity index (χ2v) is 6.13. The van der Waals surface area contributed by atoms with Gasteiger partial charge in [-0.2, -0.15) is 5.10 Å². The molecule has 8 heteroatoms. The molecule has 1 N–H and O–H groups in total. The normalized spacial score (nSPS) is 13.4. The van der Waals surface area contributed by atoms with Crippen molar-refractivity contribution in [2.45, 2.75) is 19.4 Å². The zero-order valence-corrected chi connectivity index (χ0v) is 14.8. The quantitative estimate of drug-likeness (QED) is 0.438. The van der Waals surface area contributed by atoms with Gasteiger partial charge in [0, 0.05) is 18.1 Å². The lowest BCUT2D eigenvalue weighted by molar-refractivity contribution is -0.384. The highest BCUT2D eigenvalue weighted by Crippen LogP contribution is 2.29. The molecule has 0 aromatic heterocycles. The number of non-ortho nitro benzene ring substituents is 1. The van der Waals surface area contributed by atoms with Gasteiger partial charge in [-0.05, 0) is 54.3 Å². The van der Waals surface area contributed by atoms with Gasteiger partial charge in [-0.3, -0.25) is 14.9 Å². The van der Waals surface area contributed by atoms with Crippen LogP contribution in [0, 0.1) is 16.0 Å².